The molecule has 6 heteroatoms. The Labute approximate surface area is 102 Å². The number of methoxy groups -OCH3 is 1. The molecule has 1 aromatic carbocycles. The summed E-state index contributed by atoms with van der Waals surface area (Å²) in [6.07, 6.45) is 3.00. The quantitative estimate of drug-likeness (QED) is 0.779. The van der Waals surface area contributed by atoms with Crippen LogP contribution in [0, 0.1) is 5.82 Å². The first-order valence-corrected chi connectivity index (χ1v) is 5.03. The van der Waals surface area contributed by atoms with Gasteiger partial charge in [-0.25, -0.2) is 19.2 Å². The van der Waals surface area contributed by atoms with E-state index in [4.69, 9.17) is 4.74 Å². The maximum atomic E-state index is 13.6. The van der Waals surface area contributed by atoms with E-state index in [1.165, 1.54) is 31.6 Å². The van der Waals surface area contributed by atoms with Gasteiger partial charge in [0.05, 0.1) is 12.7 Å². The zero-order valence-electron chi connectivity index (χ0n) is 9.46. The summed E-state index contributed by atoms with van der Waals surface area (Å²) < 4.78 is 23.2. The highest BCUT2D eigenvalue weighted by Gasteiger charge is 2.13. The minimum Gasteiger partial charge on any atom is -0.465 e. The molecule has 0 fully saturated rings. The Kier molecular flexibility index (Phi) is 3.47. The Morgan fingerprint density at radius 2 is 2.00 bits per heavy atom. The number of hydrogen-bond donors (Lipinski definition) is 0. The second kappa shape index (κ2) is 5.22. The van der Waals surface area contributed by atoms with Crippen molar-refractivity contribution in [3.63, 3.8) is 0 Å². The van der Waals surface area contributed by atoms with Gasteiger partial charge >= 0.3 is 12.0 Å². The average molecular weight is 248 g/mol. The van der Waals surface area contributed by atoms with Crippen LogP contribution in [0.15, 0.2) is 36.7 Å². The van der Waals surface area contributed by atoms with Crippen molar-refractivity contribution in [3.05, 3.63) is 48.0 Å². The smallest absolute Gasteiger partial charge is 0.340 e. The molecule has 2 aromatic rings. The molecule has 0 amide bonds. The second-order valence-electron chi connectivity index (χ2n) is 3.27. The van der Waals surface area contributed by atoms with E-state index in [1.54, 1.807) is 6.07 Å². The van der Waals surface area contributed by atoms with Crippen molar-refractivity contribution in [2.24, 2.45) is 0 Å². The van der Waals surface area contributed by atoms with E-state index in [0.717, 1.165) is 6.07 Å². The van der Waals surface area contributed by atoms with Gasteiger partial charge in [0, 0.05) is 18.5 Å². The van der Waals surface area contributed by atoms with Crippen LogP contribution in [0.3, 0.4) is 0 Å². The first-order valence-electron chi connectivity index (χ1n) is 5.03. The van der Waals surface area contributed by atoms with Crippen molar-refractivity contribution in [1.82, 2.24) is 9.97 Å². The van der Waals surface area contributed by atoms with E-state index >= 15 is 0 Å². The Hall–Kier alpha value is -2.50. The zero-order chi connectivity index (χ0) is 13.0. The lowest BCUT2D eigenvalue weighted by atomic mass is 10.2. The second-order valence-corrected chi connectivity index (χ2v) is 3.27. The summed E-state index contributed by atoms with van der Waals surface area (Å²) in [6.45, 7) is 0. The maximum absolute atomic E-state index is 13.6. The maximum Gasteiger partial charge on any atom is 0.340 e. The predicted octanol–water partition coefficient (Wildman–Crippen LogP) is 2.19. The summed E-state index contributed by atoms with van der Waals surface area (Å²) in [5.74, 6) is -1.27. The van der Waals surface area contributed by atoms with Gasteiger partial charge in [-0.1, -0.05) is 0 Å². The molecule has 0 saturated carbocycles. The largest absolute Gasteiger partial charge is 0.465 e. The minimum atomic E-state index is -0.741. The van der Waals surface area contributed by atoms with Crippen molar-refractivity contribution >= 4 is 5.97 Å². The number of esters is 1. The summed E-state index contributed by atoms with van der Waals surface area (Å²) in [4.78, 5) is 18.8. The van der Waals surface area contributed by atoms with Gasteiger partial charge in [0.2, 0.25) is 0 Å². The summed E-state index contributed by atoms with van der Waals surface area (Å²) in [5.41, 5.74) is -0.154. The Bertz CT molecular complexity index is 561. The van der Waals surface area contributed by atoms with Gasteiger partial charge in [0.1, 0.15) is 11.6 Å². The Morgan fingerprint density at radius 1 is 1.28 bits per heavy atom. The van der Waals surface area contributed by atoms with E-state index in [2.05, 4.69) is 14.7 Å². The molecule has 0 atom stereocenters. The molecular weight excluding hydrogens is 239 g/mol. The lowest BCUT2D eigenvalue weighted by molar-refractivity contribution is 0.0595. The summed E-state index contributed by atoms with van der Waals surface area (Å²) in [7, 11) is 1.18. The molecule has 0 N–H and O–H groups in total. The van der Waals surface area contributed by atoms with E-state index in [0.29, 0.717) is 0 Å². The van der Waals surface area contributed by atoms with Crippen molar-refractivity contribution in [1.29, 1.82) is 0 Å². The highest BCUT2D eigenvalue weighted by Crippen LogP contribution is 2.20. The number of rotatable bonds is 3. The monoisotopic (exact) mass is 248 g/mol. The van der Waals surface area contributed by atoms with E-state index < -0.39 is 11.8 Å². The topological polar surface area (TPSA) is 61.3 Å². The van der Waals surface area contributed by atoms with Gasteiger partial charge in [-0.15, -0.1) is 0 Å². The van der Waals surface area contributed by atoms with Crippen LogP contribution >= 0.6 is 0 Å². The number of ether oxygens (including phenoxy) is 2. The van der Waals surface area contributed by atoms with Gasteiger partial charge in [0.15, 0.2) is 0 Å². The van der Waals surface area contributed by atoms with Crippen LogP contribution in [0.5, 0.6) is 11.8 Å². The van der Waals surface area contributed by atoms with Crippen LogP contribution in [-0.2, 0) is 4.74 Å². The standard InChI is InChI=1S/C12H9FN2O3/c1-17-11(16)9-4-3-8(7-10(9)13)18-12-14-5-2-6-15-12/h2-7H,1H3. The molecule has 1 heterocycles. The lowest BCUT2D eigenvalue weighted by Gasteiger charge is -2.05. The molecule has 1 aromatic heterocycles. The molecule has 0 aliphatic carbocycles. The van der Waals surface area contributed by atoms with Crippen molar-refractivity contribution in [3.8, 4) is 11.8 Å². The molecule has 5 nitrogen and oxygen atoms in total. The fraction of sp³-hybridized carbons (Fsp3) is 0.0833. The fourth-order valence-electron chi connectivity index (χ4n) is 1.28. The van der Waals surface area contributed by atoms with Crippen LogP contribution in [-0.4, -0.2) is 23.0 Å². The number of benzene rings is 1. The normalized spacial score (nSPS) is 9.89. The van der Waals surface area contributed by atoms with Crippen molar-refractivity contribution < 1.29 is 18.7 Å². The van der Waals surface area contributed by atoms with Crippen molar-refractivity contribution in [2.75, 3.05) is 7.11 Å². The third kappa shape index (κ3) is 2.60. The van der Waals surface area contributed by atoms with Crippen LogP contribution in [0.2, 0.25) is 0 Å². The first-order chi connectivity index (χ1) is 8.70. The Balaban J connectivity index is 2.22. The molecular formula is C12H9FN2O3. The number of hydrogen-bond acceptors (Lipinski definition) is 5. The van der Waals surface area contributed by atoms with Crippen molar-refractivity contribution in [2.45, 2.75) is 0 Å². The summed E-state index contributed by atoms with van der Waals surface area (Å²) >= 11 is 0. The summed E-state index contributed by atoms with van der Waals surface area (Å²) in [5, 5.41) is 0. The van der Waals surface area contributed by atoms with E-state index in [1.807, 2.05) is 0 Å². The third-order valence-corrected chi connectivity index (χ3v) is 2.10. The van der Waals surface area contributed by atoms with Gasteiger partial charge in [-0.2, -0.15) is 0 Å². The molecule has 0 radical (unpaired) electrons. The number of halogens is 1. The lowest BCUT2D eigenvalue weighted by Crippen LogP contribution is -2.04. The number of nitrogens with zero attached hydrogens (tertiary/aromatic N) is 2. The fourth-order valence-corrected chi connectivity index (χ4v) is 1.28. The molecule has 0 aliphatic rings. The van der Waals surface area contributed by atoms with Gasteiger partial charge in [-0.3, -0.25) is 0 Å². The number of carbonyl (C=O) groups excluding carboxylic acids is 1. The van der Waals surface area contributed by atoms with E-state index in [9.17, 15) is 9.18 Å². The van der Waals surface area contributed by atoms with Crippen LogP contribution in [0.4, 0.5) is 4.39 Å². The molecule has 92 valence electrons. The third-order valence-electron chi connectivity index (χ3n) is 2.10. The highest BCUT2D eigenvalue weighted by atomic mass is 19.1. The average Bonchev–Trinajstić information content (AvgIpc) is 2.39. The molecule has 18 heavy (non-hydrogen) atoms. The molecule has 0 aliphatic heterocycles. The van der Waals surface area contributed by atoms with Gasteiger partial charge < -0.3 is 9.47 Å². The van der Waals surface area contributed by atoms with Gasteiger partial charge in [0.25, 0.3) is 0 Å². The van der Waals surface area contributed by atoms with E-state index in [-0.39, 0.29) is 17.3 Å². The van der Waals surface area contributed by atoms with Gasteiger partial charge in [-0.05, 0) is 18.2 Å². The Morgan fingerprint density at radius 3 is 2.61 bits per heavy atom. The van der Waals surface area contributed by atoms with Crippen LogP contribution in [0.25, 0.3) is 0 Å². The molecule has 2 rings (SSSR count). The zero-order valence-corrected chi connectivity index (χ0v) is 9.46. The SMILES string of the molecule is COC(=O)c1ccc(Oc2ncccn2)cc1F. The highest BCUT2D eigenvalue weighted by molar-refractivity contribution is 5.89. The summed E-state index contributed by atoms with van der Waals surface area (Å²) in [6, 6.07) is 5.52. The molecule has 0 spiro atoms. The van der Waals surface area contributed by atoms with Crippen LogP contribution in [0.1, 0.15) is 10.4 Å². The molecule has 0 unspecified atom stereocenters. The van der Waals surface area contributed by atoms with Crippen LogP contribution < -0.4 is 4.74 Å². The number of carbonyl (C=O) groups is 1. The predicted molar refractivity (Wildman–Crippen MR) is 59.8 cm³/mol. The molecule has 0 bridgehead atoms. The molecule has 0 saturated heterocycles. The minimum absolute atomic E-state index is 0.0997. The first kappa shape index (κ1) is 12.0. The number of aromatic nitrogens is 2.